The lowest BCUT2D eigenvalue weighted by molar-refractivity contribution is 0.0136. The molecule has 0 unspecified atom stereocenters. The quantitative estimate of drug-likeness (QED) is 0.916. The lowest BCUT2D eigenvalue weighted by Gasteiger charge is -2.51. The molecule has 2 atom stereocenters. The van der Waals surface area contributed by atoms with Gasteiger partial charge in [-0.3, -0.25) is 14.7 Å². The van der Waals surface area contributed by atoms with Crippen molar-refractivity contribution in [2.75, 3.05) is 13.1 Å². The van der Waals surface area contributed by atoms with Gasteiger partial charge >= 0.3 is 0 Å². The van der Waals surface area contributed by atoms with Gasteiger partial charge in [0.1, 0.15) is 0 Å². The lowest BCUT2D eigenvalue weighted by atomic mass is 9.76. The van der Waals surface area contributed by atoms with Crippen LogP contribution < -0.4 is 5.32 Å². The van der Waals surface area contributed by atoms with E-state index >= 15 is 0 Å². The maximum atomic E-state index is 12.7. The molecule has 2 bridgehead atoms. The van der Waals surface area contributed by atoms with Gasteiger partial charge < -0.3 is 5.32 Å². The van der Waals surface area contributed by atoms with Crippen LogP contribution in [0.3, 0.4) is 0 Å². The van der Waals surface area contributed by atoms with E-state index in [2.05, 4.69) is 21.3 Å². The topological polar surface area (TPSA) is 45.2 Å². The van der Waals surface area contributed by atoms with Crippen molar-refractivity contribution >= 4 is 17.5 Å². The van der Waals surface area contributed by atoms with E-state index in [1.807, 2.05) is 24.4 Å². The Labute approximate surface area is 153 Å². The van der Waals surface area contributed by atoms with E-state index in [1.165, 1.54) is 5.56 Å². The zero-order valence-corrected chi connectivity index (χ0v) is 14.8. The minimum Gasteiger partial charge on any atom is -0.347 e. The van der Waals surface area contributed by atoms with Crippen LogP contribution in [-0.4, -0.2) is 41.0 Å². The number of carbonyl (C=O) groups excluding carboxylic acids is 1. The molecule has 1 amide bonds. The van der Waals surface area contributed by atoms with Crippen molar-refractivity contribution < 1.29 is 4.79 Å². The van der Waals surface area contributed by atoms with Gasteiger partial charge in [-0.15, -0.1) is 0 Å². The number of fused-ring (bicyclic) bond motifs is 3. The molecule has 130 valence electrons. The van der Waals surface area contributed by atoms with E-state index in [4.69, 9.17) is 11.6 Å². The molecule has 0 radical (unpaired) electrons. The average Bonchev–Trinajstić information content (AvgIpc) is 2.65. The van der Waals surface area contributed by atoms with Crippen LogP contribution >= 0.6 is 11.6 Å². The van der Waals surface area contributed by atoms with Gasteiger partial charge in [0.15, 0.2) is 0 Å². The molecule has 4 nitrogen and oxygen atoms in total. The fourth-order valence-electron chi connectivity index (χ4n) is 4.25. The first-order chi connectivity index (χ1) is 12.2. The summed E-state index contributed by atoms with van der Waals surface area (Å²) in [5, 5.41) is 3.90. The SMILES string of the molecule is O=C(N[C@H]1C2CCN(CC2)[C@H]1Cc1cccnc1)c1cccc(Cl)c1. The molecule has 4 heterocycles. The predicted octanol–water partition coefficient (Wildman–Crippen LogP) is 3.17. The van der Waals surface area contributed by atoms with Crippen LogP contribution in [0.2, 0.25) is 5.02 Å². The van der Waals surface area contributed by atoms with E-state index in [0.717, 1.165) is 32.4 Å². The predicted molar refractivity (Wildman–Crippen MR) is 98.7 cm³/mol. The first kappa shape index (κ1) is 16.6. The maximum absolute atomic E-state index is 12.7. The number of amides is 1. The summed E-state index contributed by atoms with van der Waals surface area (Å²) >= 11 is 6.04. The Kier molecular flexibility index (Phi) is 4.73. The summed E-state index contributed by atoms with van der Waals surface area (Å²) in [6.45, 7) is 2.25. The molecule has 0 saturated carbocycles. The van der Waals surface area contributed by atoms with Crippen molar-refractivity contribution in [3.05, 3.63) is 64.9 Å². The van der Waals surface area contributed by atoms with Crippen molar-refractivity contribution in [3.63, 3.8) is 0 Å². The Hall–Kier alpha value is -1.91. The van der Waals surface area contributed by atoms with Crippen LogP contribution in [0.25, 0.3) is 0 Å². The molecule has 2 aromatic rings. The number of rotatable bonds is 4. The molecular weight excluding hydrogens is 334 g/mol. The zero-order valence-electron chi connectivity index (χ0n) is 14.1. The second-order valence-corrected chi connectivity index (χ2v) is 7.45. The Morgan fingerprint density at radius 3 is 2.80 bits per heavy atom. The van der Waals surface area contributed by atoms with E-state index in [1.54, 1.807) is 18.3 Å². The number of nitrogens with one attached hydrogen (secondary N) is 1. The van der Waals surface area contributed by atoms with Gasteiger partial charge in [-0.25, -0.2) is 0 Å². The summed E-state index contributed by atoms with van der Waals surface area (Å²) in [7, 11) is 0. The van der Waals surface area contributed by atoms with Crippen LogP contribution in [0.15, 0.2) is 48.8 Å². The van der Waals surface area contributed by atoms with Gasteiger partial charge in [0.05, 0.1) is 0 Å². The standard InChI is InChI=1S/C20H22ClN3O/c21-17-5-1-4-16(12-17)20(25)23-19-15-6-9-24(10-7-15)18(19)11-14-3-2-8-22-13-14/h1-5,8,12-13,15,18-19H,6-7,9-11H2,(H,23,25)/t18-,19-/m0/s1. The number of nitrogens with zero attached hydrogens (tertiary/aromatic N) is 2. The van der Waals surface area contributed by atoms with Crippen molar-refractivity contribution in [2.45, 2.75) is 31.3 Å². The number of halogens is 1. The normalized spacial score (nSPS) is 27.9. The molecule has 0 spiro atoms. The molecule has 1 aromatic carbocycles. The first-order valence-electron chi connectivity index (χ1n) is 8.90. The van der Waals surface area contributed by atoms with Crippen molar-refractivity contribution in [3.8, 4) is 0 Å². The molecule has 5 rings (SSSR count). The van der Waals surface area contributed by atoms with Gasteiger partial charge in [0.2, 0.25) is 0 Å². The summed E-state index contributed by atoms with van der Waals surface area (Å²) in [4.78, 5) is 19.5. The molecule has 25 heavy (non-hydrogen) atoms. The first-order valence-corrected chi connectivity index (χ1v) is 9.28. The smallest absolute Gasteiger partial charge is 0.251 e. The molecule has 5 heteroatoms. The van der Waals surface area contributed by atoms with E-state index < -0.39 is 0 Å². The lowest BCUT2D eigenvalue weighted by Crippen LogP contribution is -2.64. The van der Waals surface area contributed by atoms with E-state index in [0.29, 0.717) is 22.5 Å². The largest absolute Gasteiger partial charge is 0.347 e. The van der Waals surface area contributed by atoms with Crippen molar-refractivity contribution in [1.82, 2.24) is 15.2 Å². The minimum absolute atomic E-state index is 0.0302. The number of carbonyl (C=O) groups is 1. The Bertz CT molecular complexity index is 744. The Balaban J connectivity index is 1.54. The second kappa shape index (κ2) is 7.14. The molecule has 0 aliphatic carbocycles. The van der Waals surface area contributed by atoms with Gasteiger partial charge in [-0.05, 0) is 68.1 Å². The molecule has 1 aromatic heterocycles. The highest BCUT2D eigenvalue weighted by Gasteiger charge is 2.42. The second-order valence-electron chi connectivity index (χ2n) is 7.02. The average molecular weight is 356 g/mol. The number of pyridine rings is 1. The highest BCUT2D eigenvalue weighted by atomic mass is 35.5. The van der Waals surface area contributed by atoms with Crippen LogP contribution in [0, 0.1) is 5.92 Å². The summed E-state index contributed by atoms with van der Waals surface area (Å²) in [5.41, 5.74) is 1.85. The fraction of sp³-hybridized carbons (Fsp3) is 0.400. The molecule has 1 N–H and O–H groups in total. The Morgan fingerprint density at radius 2 is 2.08 bits per heavy atom. The fourth-order valence-corrected chi connectivity index (χ4v) is 4.44. The third-order valence-electron chi connectivity index (χ3n) is 5.52. The molecule has 3 fully saturated rings. The summed E-state index contributed by atoms with van der Waals surface area (Å²) < 4.78 is 0. The number of piperidine rings is 3. The summed E-state index contributed by atoms with van der Waals surface area (Å²) in [5.74, 6) is 0.521. The maximum Gasteiger partial charge on any atom is 0.251 e. The molecular formula is C20H22ClN3O. The molecule has 3 aliphatic heterocycles. The summed E-state index contributed by atoms with van der Waals surface area (Å²) in [6.07, 6.45) is 6.97. The Morgan fingerprint density at radius 1 is 1.24 bits per heavy atom. The van der Waals surface area contributed by atoms with Gasteiger partial charge in [-0.1, -0.05) is 23.7 Å². The minimum atomic E-state index is -0.0302. The number of benzene rings is 1. The molecule has 3 aliphatic rings. The number of hydrogen-bond donors (Lipinski definition) is 1. The zero-order chi connectivity index (χ0) is 17.2. The van der Waals surface area contributed by atoms with Crippen LogP contribution in [0.4, 0.5) is 0 Å². The van der Waals surface area contributed by atoms with E-state index in [9.17, 15) is 4.79 Å². The van der Waals surface area contributed by atoms with Gasteiger partial charge in [0, 0.05) is 35.1 Å². The van der Waals surface area contributed by atoms with Crippen LogP contribution in [0.5, 0.6) is 0 Å². The third kappa shape index (κ3) is 3.55. The van der Waals surface area contributed by atoms with Crippen molar-refractivity contribution in [1.29, 1.82) is 0 Å². The number of hydrogen-bond acceptors (Lipinski definition) is 3. The van der Waals surface area contributed by atoms with E-state index in [-0.39, 0.29) is 11.9 Å². The monoisotopic (exact) mass is 355 g/mol. The van der Waals surface area contributed by atoms with Crippen LogP contribution in [0.1, 0.15) is 28.8 Å². The molecule has 3 saturated heterocycles. The number of aromatic nitrogens is 1. The highest BCUT2D eigenvalue weighted by Crippen LogP contribution is 2.34. The summed E-state index contributed by atoms with van der Waals surface area (Å²) in [6, 6.07) is 11.8. The van der Waals surface area contributed by atoms with Crippen molar-refractivity contribution in [2.24, 2.45) is 5.92 Å². The highest BCUT2D eigenvalue weighted by molar-refractivity contribution is 6.30. The van der Waals surface area contributed by atoms with Crippen LogP contribution in [-0.2, 0) is 6.42 Å². The van der Waals surface area contributed by atoms with Gasteiger partial charge in [0.25, 0.3) is 5.91 Å². The van der Waals surface area contributed by atoms with Gasteiger partial charge in [-0.2, -0.15) is 0 Å². The third-order valence-corrected chi connectivity index (χ3v) is 5.75.